The van der Waals surface area contributed by atoms with Gasteiger partial charge in [0.25, 0.3) is 0 Å². The van der Waals surface area contributed by atoms with Crippen LogP contribution in [0.1, 0.15) is 38.5 Å². The van der Waals surface area contributed by atoms with Crippen molar-refractivity contribution in [2.24, 2.45) is 0 Å². The van der Waals surface area contributed by atoms with Gasteiger partial charge in [-0.1, -0.05) is 19.3 Å². The molecule has 0 unspecified atom stereocenters. The average molecular weight is 392 g/mol. The smallest absolute Gasteiger partial charge is 0.306 e. The fraction of sp³-hybridized carbons (Fsp3) is 0.500. The third-order valence-corrected chi connectivity index (χ3v) is 6.44. The van der Waals surface area contributed by atoms with Gasteiger partial charge in [0.05, 0.1) is 42.3 Å². The van der Waals surface area contributed by atoms with E-state index in [2.05, 4.69) is 20.3 Å². The summed E-state index contributed by atoms with van der Waals surface area (Å²) in [7, 11) is -2.39. The van der Waals surface area contributed by atoms with Crippen LogP contribution >= 0.6 is 0 Å². The molecule has 1 aromatic carbocycles. The maximum atomic E-state index is 12.6. The summed E-state index contributed by atoms with van der Waals surface area (Å²) in [5.41, 5.74) is 1.37. The molecular formula is C18H24N4O4S. The Morgan fingerprint density at radius 3 is 2.59 bits per heavy atom. The highest BCUT2D eigenvalue weighted by Crippen LogP contribution is 2.28. The highest BCUT2D eigenvalue weighted by molar-refractivity contribution is 7.91. The number of methoxy groups -OCH3 is 1. The second-order valence-electron chi connectivity index (χ2n) is 6.62. The monoisotopic (exact) mass is 392 g/mol. The van der Waals surface area contributed by atoms with Gasteiger partial charge in [0.15, 0.2) is 9.84 Å². The third-order valence-electron chi connectivity index (χ3n) is 4.73. The van der Waals surface area contributed by atoms with Crippen molar-refractivity contribution >= 4 is 21.5 Å². The Morgan fingerprint density at radius 2 is 1.93 bits per heavy atom. The van der Waals surface area contributed by atoms with Crippen LogP contribution in [-0.4, -0.2) is 48.3 Å². The predicted octanol–water partition coefficient (Wildman–Crippen LogP) is 2.35. The molecule has 0 amide bonds. The minimum Gasteiger partial charge on any atom is -0.469 e. The minimum atomic E-state index is -3.63. The van der Waals surface area contributed by atoms with Gasteiger partial charge in [-0.05, 0) is 31.0 Å². The molecule has 8 nitrogen and oxygen atoms in total. The van der Waals surface area contributed by atoms with Crippen LogP contribution in [0.3, 0.4) is 0 Å². The van der Waals surface area contributed by atoms with Gasteiger partial charge in [0.1, 0.15) is 5.69 Å². The summed E-state index contributed by atoms with van der Waals surface area (Å²) >= 11 is 0. The first kappa shape index (κ1) is 19.3. The van der Waals surface area contributed by atoms with Gasteiger partial charge in [0, 0.05) is 6.04 Å². The quantitative estimate of drug-likeness (QED) is 0.721. The highest BCUT2D eigenvalue weighted by atomic mass is 32.2. The second-order valence-corrected chi connectivity index (χ2v) is 8.73. The van der Waals surface area contributed by atoms with Crippen LogP contribution in [-0.2, 0) is 19.4 Å². The number of nitrogens with zero attached hydrogens (tertiary/aromatic N) is 3. The Bertz CT molecular complexity index is 875. The summed E-state index contributed by atoms with van der Waals surface area (Å²) in [6.45, 7) is 0. The van der Waals surface area contributed by atoms with E-state index in [1.807, 2.05) is 0 Å². The van der Waals surface area contributed by atoms with E-state index in [0.717, 1.165) is 18.5 Å². The molecule has 9 heteroatoms. The molecule has 0 radical (unpaired) electrons. The van der Waals surface area contributed by atoms with Crippen molar-refractivity contribution in [2.75, 3.05) is 18.2 Å². The molecule has 0 spiro atoms. The number of nitrogens with one attached hydrogen (secondary N) is 1. The molecule has 0 saturated heterocycles. The number of esters is 1. The van der Waals surface area contributed by atoms with E-state index in [1.54, 1.807) is 30.6 Å². The number of aromatic nitrogens is 3. The Hall–Kier alpha value is -2.42. The summed E-state index contributed by atoms with van der Waals surface area (Å²) in [6, 6.07) is 5.22. The van der Waals surface area contributed by atoms with Gasteiger partial charge in [-0.2, -0.15) is 10.2 Å². The molecule has 0 aliphatic heterocycles. The number of carbonyl (C=O) groups is 1. The molecule has 1 aromatic heterocycles. The first-order valence-electron chi connectivity index (χ1n) is 9.06. The average Bonchev–Trinajstić information content (AvgIpc) is 3.22. The number of anilines is 1. The van der Waals surface area contributed by atoms with Gasteiger partial charge in [0.2, 0.25) is 0 Å². The molecular weight excluding hydrogens is 368 g/mol. The van der Waals surface area contributed by atoms with Crippen molar-refractivity contribution in [2.45, 2.75) is 49.5 Å². The Kier molecular flexibility index (Phi) is 6.10. The van der Waals surface area contributed by atoms with Gasteiger partial charge >= 0.3 is 5.97 Å². The lowest BCUT2D eigenvalue weighted by Crippen LogP contribution is -2.23. The van der Waals surface area contributed by atoms with Crippen molar-refractivity contribution in [3.8, 4) is 5.69 Å². The van der Waals surface area contributed by atoms with Gasteiger partial charge in [-0.25, -0.2) is 8.42 Å². The van der Waals surface area contributed by atoms with E-state index < -0.39 is 15.8 Å². The topological polar surface area (TPSA) is 103 Å². The third kappa shape index (κ3) is 4.85. The zero-order chi connectivity index (χ0) is 19.3. The number of ether oxygens (including phenoxy) is 1. The second kappa shape index (κ2) is 8.51. The Morgan fingerprint density at radius 1 is 1.22 bits per heavy atom. The fourth-order valence-corrected chi connectivity index (χ4v) is 4.47. The summed E-state index contributed by atoms with van der Waals surface area (Å²) in [5, 5.41) is 11.8. The molecule has 0 atom stereocenters. The van der Waals surface area contributed by atoms with Crippen LogP contribution < -0.4 is 5.32 Å². The number of carbonyl (C=O) groups excluding carboxylic acids is 1. The Balaban J connectivity index is 1.89. The molecule has 146 valence electrons. The maximum absolute atomic E-state index is 12.6. The van der Waals surface area contributed by atoms with E-state index in [0.29, 0.717) is 11.7 Å². The zero-order valence-electron chi connectivity index (χ0n) is 15.3. The van der Waals surface area contributed by atoms with E-state index in [9.17, 15) is 13.2 Å². The van der Waals surface area contributed by atoms with Gasteiger partial charge in [-0.15, -0.1) is 4.80 Å². The van der Waals surface area contributed by atoms with E-state index in [4.69, 9.17) is 0 Å². The summed E-state index contributed by atoms with van der Waals surface area (Å²) in [5.74, 6) is -0.857. The number of sulfone groups is 1. The predicted molar refractivity (Wildman–Crippen MR) is 101 cm³/mol. The lowest BCUT2D eigenvalue weighted by atomic mass is 9.95. The lowest BCUT2D eigenvalue weighted by Gasteiger charge is -2.25. The molecule has 2 aromatic rings. The first-order valence-corrected chi connectivity index (χ1v) is 10.7. The van der Waals surface area contributed by atoms with Crippen LogP contribution in [0.2, 0.25) is 0 Å². The molecule has 1 saturated carbocycles. The van der Waals surface area contributed by atoms with Crippen LogP contribution in [0.25, 0.3) is 5.69 Å². The summed E-state index contributed by atoms with van der Waals surface area (Å²) in [4.78, 5) is 12.8. The maximum Gasteiger partial charge on any atom is 0.306 e. The van der Waals surface area contributed by atoms with E-state index in [-0.39, 0.29) is 17.1 Å². The highest BCUT2D eigenvalue weighted by Gasteiger charge is 2.21. The van der Waals surface area contributed by atoms with Crippen molar-refractivity contribution in [1.29, 1.82) is 0 Å². The lowest BCUT2D eigenvalue weighted by molar-refractivity contribution is -0.140. The van der Waals surface area contributed by atoms with E-state index in [1.165, 1.54) is 31.2 Å². The van der Waals surface area contributed by atoms with Crippen LogP contribution in [0, 0.1) is 0 Å². The number of rotatable bonds is 7. The molecule has 1 fully saturated rings. The molecule has 1 aliphatic rings. The molecule has 0 bridgehead atoms. The number of hydrogen-bond donors (Lipinski definition) is 1. The normalized spacial score (nSPS) is 15.4. The van der Waals surface area contributed by atoms with Crippen molar-refractivity contribution in [1.82, 2.24) is 15.0 Å². The molecule has 3 rings (SSSR count). The van der Waals surface area contributed by atoms with Crippen LogP contribution in [0.15, 0.2) is 35.5 Å². The minimum absolute atomic E-state index is 0.132. The first-order chi connectivity index (χ1) is 13.0. The molecule has 1 aliphatic carbocycles. The van der Waals surface area contributed by atoms with Crippen molar-refractivity contribution < 1.29 is 17.9 Å². The summed E-state index contributed by atoms with van der Waals surface area (Å²) < 4.78 is 29.7. The Labute approximate surface area is 158 Å². The van der Waals surface area contributed by atoms with Gasteiger partial charge < -0.3 is 10.1 Å². The fourth-order valence-electron chi connectivity index (χ4n) is 3.24. The number of hydrogen-bond acceptors (Lipinski definition) is 7. The van der Waals surface area contributed by atoms with Crippen molar-refractivity contribution in [3.63, 3.8) is 0 Å². The van der Waals surface area contributed by atoms with Crippen LogP contribution in [0.4, 0.5) is 5.69 Å². The molecule has 27 heavy (non-hydrogen) atoms. The SMILES string of the molecule is COC(=O)CCS(=O)(=O)c1ccc(NC2CCCCC2)c(-n2nccn2)c1. The molecule has 1 heterocycles. The largest absolute Gasteiger partial charge is 0.469 e. The van der Waals surface area contributed by atoms with Crippen LogP contribution in [0.5, 0.6) is 0 Å². The molecule has 1 N–H and O–H groups in total. The van der Waals surface area contributed by atoms with Gasteiger partial charge in [-0.3, -0.25) is 4.79 Å². The standard InChI is InChI=1S/C18H24N4O4S/c1-26-18(23)9-12-27(24,25)15-7-8-16(21-14-5-3-2-4-6-14)17(13-15)22-19-10-11-20-22/h7-8,10-11,13-14,21H,2-6,9,12H2,1H3. The van der Waals surface area contributed by atoms with Crippen molar-refractivity contribution in [3.05, 3.63) is 30.6 Å². The number of benzene rings is 1. The zero-order valence-corrected chi connectivity index (χ0v) is 16.1. The van der Waals surface area contributed by atoms with E-state index >= 15 is 0 Å². The summed E-state index contributed by atoms with van der Waals surface area (Å²) in [6.07, 6.45) is 8.71.